The molecule has 0 bridgehead atoms. The zero-order valence-corrected chi connectivity index (χ0v) is 8.34. The largest absolute Gasteiger partial charge is 0.510 e. The molecule has 0 aliphatic carbocycles. The second-order valence-electron chi connectivity index (χ2n) is 2.69. The fourth-order valence-electron chi connectivity index (χ4n) is 1.41. The van der Waals surface area contributed by atoms with Crippen LogP contribution in [0.1, 0.15) is 20.3 Å². The van der Waals surface area contributed by atoms with E-state index in [0.717, 1.165) is 13.0 Å². The van der Waals surface area contributed by atoms with Crippen LogP contribution in [0.2, 0.25) is 0 Å². The summed E-state index contributed by atoms with van der Waals surface area (Å²) in [5, 5.41) is 9.44. The fraction of sp³-hybridized carbons (Fsp3) is 0.556. The highest BCUT2D eigenvalue weighted by molar-refractivity contribution is 5.85. The Balaban J connectivity index is 0.00000121. The van der Waals surface area contributed by atoms with Gasteiger partial charge in [0.05, 0.1) is 6.04 Å². The lowest BCUT2D eigenvalue weighted by Gasteiger charge is -2.30. The van der Waals surface area contributed by atoms with Crippen LogP contribution in [-0.4, -0.2) is 22.6 Å². The van der Waals surface area contributed by atoms with Gasteiger partial charge in [-0.3, -0.25) is 0 Å². The lowest BCUT2D eigenvalue weighted by Crippen LogP contribution is -2.33. The third kappa shape index (κ3) is 2.18. The van der Waals surface area contributed by atoms with Crippen molar-refractivity contribution < 1.29 is 5.11 Å². The minimum absolute atomic E-state index is 0. The Morgan fingerprint density at radius 2 is 2.17 bits per heavy atom. The van der Waals surface area contributed by atoms with E-state index in [9.17, 15) is 5.11 Å². The van der Waals surface area contributed by atoms with Gasteiger partial charge in [-0.25, -0.2) is 0 Å². The normalized spacial score (nSPS) is 21.7. The minimum atomic E-state index is 0. The Kier molecular flexibility index (Phi) is 4.83. The van der Waals surface area contributed by atoms with E-state index in [4.69, 9.17) is 0 Å². The zero-order chi connectivity index (χ0) is 8.27. The minimum Gasteiger partial charge on any atom is -0.510 e. The Morgan fingerprint density at radius 1 is 1.50 bits per heavy atom. The van der Waals surface area contributed by atoms with Crippen LogP contribution in [-0.2, 0) is 0 Å². The lowest BCUT2D eigenvalue weighted by molar-refractivity contribution is 0.229. The average molecular weight is 190 g/mol. The molecule has 1 rings (SSSR count). The molecule has 0 fully saturated rings. The van der Waals surface area contributed by atoms with Gasteiger partial charge in [0.15, 0.2) is 0 Å². The molecule has 2 nitrogen and oxygen atoms in total. The van der Waals surface area contributed by atoms with Crippen molar-refractivity contribution in [2.75, 3.05) is 6.54 Å². The number of nitrogens with zero attached hydrogens (tertiary/aromatic N) is 1. The van der Waals surface area contributed by atoms with Crippen molar-refractivity contribution in [1.82, 2.24) is 4.90 Å². The second-order valence-corrected chi connectivity index (χ2v) is 2.69. The molecule has 70 valence electrons. The van der Waals surface area contributed by atoms with Crippen molar-refractivity contribution in [2.24, 2.45) is 0 Å². The van der Waals surface area contributed by atoms with Crippen molar-refractivity contribution in [3.63, 3.8) is 0 Å². The van der Waals surface area contributed by atoms with Crippen molar-refractivity contribution in [3.8, 4) is 0 Å². The molecular weight excluding hydrogens is 174 g/mol. The molecule has 1 atom stereocenters. The Bertz CT molecular complexity index is 189. The van der Waals surface area contributed by atoms with Gasteiger partial charge in [0.1, 0.15) is 5.76 Å². The number of likely N-dealkylation sites (N-methyl/N-ethyl adjacent to an activating group) is 1. The molecule has 0 spiro atoms. The van der Waals surface area contributed by atoms with E-state index >= 15 is 0 Å². The summed E-state index contributed by atoms with van der Waals surface area (Å²) in [6, 6.07) is 0.199. The maximum atomic E-state index is 9.44. The van der Waals surface area contributed by atoms with Crippen molar-refractivity contribution in [3.05, 3.63) is 24.1 Å². The second kappa shape index (κ2) is 5.09. The first kappa shape index (κ1) is 11.4. The van der Waals surface area contributed by atoms with Crippen LogP contribution in [0, 0.1) is 0 Å². The predicted octanol–water partition coefficient (Wildman–Crippen LogP) is 2.48. The Morgan fingerprint density at radius 3 is 2.58 bits per heavy atom. The molecule has 0 saturated heterocycles. The monoisotopic (exact) mass is 189 g/mol. The third-order valence-corrected chi connectivity index (χ3v) is 2.04. The third-order valence-electron chi connectivity index (χ3n) is 2.04. The number of hydrogen-bond acceptors (Lipinski definition) is 2. The molecule has 0 saturated carbocycles. The summed E-state index contributed by atoms with van der Waals surface area (Å²) in [5.74, 6) is 0.483. The Hall–Kier alpha value is -0.630. The molecule has 0 amide bonds. The number of aliphatic hydroxyl groups is 1. The molecule has 0 aromatic rings. The van der Waals surface area contributed by atoms with E-state index in [1.54, 1.807) is 6.08 Å². The number of allylic oxidation sites excluding steroid dienone is 2. The summed E-state index contributed by atoms with van der Waals surface area (Å²) in [5.41, 5.74) is 0. The summed E-state index contributed by atoms with van der Waals surface area (Å²) in [6.45, 7) is 5.12. The molecule has 12 heavy (non-hydrogen) atoms. The van der Waals surface area contributed by atoms with E-state index in [1.165, 1.54) is 0 Å². The van der Waals surface area contributed by atoms with Crippen molar-refractivity contribution in [2.45, 2.75) is 26.3 Å². The molecule has 3 heteroatoms. The zero-order valence-electron chi connectivity index (χ0n) is 7.53. The van der Waals surface area contributed by atoms with Crippen LogP contribution in [0.5, 0.6) is 0 Å². The quantitative estimate of drug-likeness (QED) is 0.722. The molecule has 1 aliphatic rings. The summed E-state index contributed by atoms with van der Waals surface area (Å²) >= 11 is 0. The molecule has 1 heterocycles. The SMILES string of the molecule is CCC1C(O)=CC=CN1CC.Cl. The summed E-state index contributed by atoms with van der Waals surface area (Å²) in [7, 11) is 0. The molecule has 1 unspecified atom stereocenters. The van der Waals surface area contributed by atoms with Crippen molar-refractivity contribution in [1.29, 1.82) is 0 Å². The molecule has 0 aromatic heterocycles. The highest BCUT2D eigenvalue weighted by Crippen LogP contribution is 2.16. The van der Waals surface area contributed by atoms with Gasteiger partial charge in [0, 0.05) is 6.54 Å². The van der Waals surface area contributed by atoms with Gasteiger partial charge in [-0.2, -0.15) is 0 Å². The van der Waals surface area contributed by atoms with E-state index < -0.39 is 0 Å². The first-order valence-electron chi connectivity index (χ1n) is 4.12. The molecular formula is C9H16ClNO. The van der Waals surface area contributed by atoms with Gasteiger partial charge in [-0.15, -0.1) is 12.4 Å². The molecule has 0 aromatic carbocycles. The Labute approximate surface area is 80.0 Å². The van der Waals surface area contributed by atoms with Gasteiger partial charge >= 0.3 is 0 Å². The summed E-state index contributed by atoms with van der Waals surface area (Å²) < 4.78 is 0. The van der Waals surface area contributed by atoms with Gasteiger partial charge in [-0.05, 0) is 31.7 Å². The topological polar surface area (TPSA) is 23.5 Å². The predicted molar refractivity (Wildman–Crippen MR) is 53.6 cm³/mol. The fourth-order valence-corrected chi connectivity index (χ4v) is 1.41. The number of hydrogen-bond donors (Lipinski definition) is 1. The van der Waals surface area contributed by atoms with Gasteiger partial charge in [-0.1, -0.05) is 6.92 Å². The highest BCUT2D eigenvalue weighted by atomic mass is 35.5. The van der Waals surface area contributed by atoms with Crippen LogP contribution in [0.3, 0.4) is 0 Å². The summed E-state index contributed by atoms with van der Waals surface area (Å²) in [4.78, 5) is 2.13. The van der Waals surface area contributed by atoms with E-state index in [1.807, 2.05) is 12.3 Å². The van der Waals surface area contributed by atoms with Gasteiger partial charge in [0.25, 0.3) is 0 Å². The van der Waals surface area contributed by atoms with E-state index in [0.29, 0.717) is 5.76 Å². The van der Waals surface area contributed by atoms with Crippen LogP contribution < -0.4 is 0 Å². The average Bonchev–Trinajstić information content (AvgIpc) is 2.04. The van der Waals surface area contributed by atoms with Crippen LogP contribution in [0.4, 0.5) is 0 Å². The first-order chi connectivity index (χ1) is 5.29. The number of halogens is 1. The van der Waals surface area contributed by atoms with Gasteiger partial charge < -0.3 is 10.0 Å². The van der Waals surface area contributed by atoms with Crippen molar-refractivity contribution >= 4 is 12.4 Å². The van der Waals surface area contributed by atoms with Crippen LogP contribution in [0.15, 0.2) is 24.1 Å². The van der Waals surface area contributed by atoms with E-state index in [2.05, 4.69) is 18.7 Å². The maximum Gasteiger partial charge on any atom is 0.115 e. The standard InChI is InChI=1S/C9H15NO.ClH/c1-3-8-9(11)6-5-7-10(8)4-2;/h5-8,11H,3-4H2,1-2H3;1H. The lowest BCUT2D eigenvalue weighted by atomic mass is 10.1. The summed E-state index contributed by atoms with van der Waals surface area (Å²) in [6.07, 6.45) is 6.62. The molecule has 0 radical (unpaired) electrons. The molecule has 1 aliphatic heterocycles. The molecule has 1 N–H and O–H groups in total. The van der Waals surface area contributed by atoms with Crippen LogP contribution >= 0.6 is 12.4 Å². The van der Waals surface area contributed by atoms with Crippen LogP contribution in [0.25, 0.3) is 0 Å². The smallest absolute Gasteiger partial charge is 0.115 e. The highest BCUT2D eigenvalue weighted by Gasteiger charge is 2.17. The number of aliphatic hydroxyl groups excluding tert-OH is 1. The first-order valence-corrected chi connectivity index (χ1v) is 4.12. The van der Waals surface area contributed by atoms with E-state index in [-0.39, 0.29) is 18.4 Å². The number of rotatable bonds is 2. The van der Waals surface area contributed by atoms with Gasteiger partial charge in [0.2, 0.25) is 0 Å². The maximum absolute atomic E-state index is 9.44.